The summed E-state index contributed by atoms with van der Waals surface area (Å²) in [5.74, 6) is -0.317. The Bertz CT molecular complexity index is 772. The van der Waals surface area contributed by atoms with Crippen molar-refractivity contribution in [2.24, 2.45) is 0 Å². The van der Waals surface area contributed by atoms with E-state index in [-0.39, 0.29) is 12.5 Å². The molecule has 106 valence electrons. The number of benzene rings is 2. The van der Waals surface area contributed by atoms with Crippen molar-refractivity contribution in [3.63, 3.8) is 0 Å². The number of carbonyl (C=O) groups excluding carboxylic acids is 1. The molecule has 0 radical (unpaired) electrons. The van der Waals surface area contributed by atoms with E-state index in [1.807, 2.05) is 6.07 Å². The number of hydrogen-bond acceptors (Lipinski definition) is 2. The van der Waals surface area contributed by atoms with Crippen LogP contribution in [-0.2, 0) is 4.79 Å². The Labute approximate surface area is 131 Å². The lowest BCUT2D eigenvalue weighted by atomic mass is 10.0. The number of benzodiazepines with no additional fused rings is 1. The molecule has 21 heavy (non-hydrogen) atoms. The highest BCUT2D eigenvalue weighted by Crippen LogP contribution is 2.28. The zero-order chi connectivity index (χ0) is 15.0. The van der Waals surface area contributed by atoms with Crippen molar-refractivity contribution in [2.75, 3.05) is 11.9 Å². The summed E-state index contributed by atoms with van der Waals surface area (Å²) in [5, 5.41) is 14.0. The lowest BCUT2D eigenvalue weighted by Crippen LogP contribution is -2.25. The molecular weight excluding hydrogens is 311 g/mol. The Balaban J connectivity index is 2.31. The molecule has 4 nitrogen and oxygen atoms in total. The fourth-order valence-electron chi connectivity index (χ4n) is 2.30. The summed E-state index contributed by atoms with van der Waals surface area (Å²) in [6.45, 7) is -0.188. The predicted octanol–water partition coefficient (Wildman–Crippen LogP) is 3.18. The zero-order valence-corrected chi connectivity index (χ0v) is 12.3. The average molecular weight is 322 g/mol. The van der Waals surface area contributed by atoms with E-state index in [2.05, 4.69) is 5.32 Å². The monoisotopic (exact) mass is 321 g/mol. The lowest BCUT2D eigenvalue weighted by Gasteiger charge is -2.07. The first kappa shape index (κ1) is 13.9. The molecule has 0 unspecified atom stereocenters. The zero-order valence-electron chi connectivity index (χ0n) is 10.8. The van der Waals surface area contributed by atoms with Crippen LogP contribution in [0.1, 0.15) is 11.1 Å². The lowest BCUT2D eigenvalue weighted by molar-refractivity contribution is -0.765. The number of hydroxylamine groups is 1. The van der Waals surface area contributed by atoms with E-state index in [1.165, 1.54) is 0 Å². The van der Waals surface area contributed by atoms with Crippen LogP contribution >= 0.6 is 23.2 Å². The van der Waals surface area contributed by atoms with Crippen LogP contribution in [-0.4, -0.2) is 28.1 Å². The van der Waals surface area contributed by atoms with Gasteiger partial charge in [0.1, 0.15) is 0 Å². The van der Waals surface area contributed by atoms with Crippen molar-refractivity contribution in [3.8, 4) is 0 Å². The molecule has 0 saturated carbocycles. The Kier molecular flexibility index (Phi) is 3.57. The molecule has 1 aliphatic heterocycles. The van der Waals surface area contributed by atoms with Crippen LogP contribution in [0.15, 0.2) is 42.5 Å². The predicted molar refractivity (Wildman–Crippen MR) is 81.7 cm³/mol. The molecule has 0 saturated heterocycles. The van der Waals surface area contributed by atoms with Crippen molar-refractivity contribution in [1.82, 2.24) is 0 Å². The van der Waals surface area contributed by atoms with E-state index < -0.39 is 0 Å². The molecule has 3 rings (SSSR count). The quantitative estimate of drug-likeness (QED) is 0.626. The van der Waals surface area contributed by atoms with Crippen LogP contribution in [0.4, 0.5) is 5.69 Å². The third-order valence-electron chi connectivity index (χ3n) is 3.19. The average Bonchev–Trinajstić information content (AvgIpc) is 2.55. The van der Waals surface area contributed by atoms with Gasteiger partial charge in [-0.3, -0.25) is 10.0 Å². The van der Waals surface area contributed by atoms with Gasteiger partial charge in [-0.2, -0.15) is 0 Å². The molecule has 2 aromatic rings. The number of rotatable bonds is 1. The van der Waals surface area contributed by atoms with Gasteiger partial charge in [0.25, 0.3) is 18.2 Å². The second-order valence-electron chi connectivity index (χ2n) is 4.62. The molecule has 2 N–H and O–H groups in total. The van der Waals surface area contributed by atoms with E-state index in [4.69, 9.17) is 23.2 Å². The fourth-order valence-corrected chi connectivity index (χ4v) is 2.70. The molecule has 2 aromatic carbocycles. The van der Waals surface area contributed by atoms with Crippen LogP contribution in [0.2, 0.25) is 10.0 Å². The first-order valence-corrected chi connectivity index (χ1v) is 7.00. The van der Waals surface area contributed by atoms with Crippen molar-refractivity contribution in [3.05, 3.63) is 63.6 Å². The van der Waals surface area contributed by atoms with Gasteiger partial charge in [0.15, 0.2) is 0 Å². The second kappa shape index (κ2) is 5.39. The van der Waals surface area contributed by atoms with E-state index in [1.54, 1.807) is 36.4 Å². The molecule has 0 spiro atoms. The summed E-state index contributed by atoms with van der Waals surface area (Å²) in [7, 11) is 0. The maximum absolute atomic E-state index is 11.8. The van der Waals surface area contributed by atoms with Crippen LogP contribution in [0.5, 0.6) is 0 Å². The summed E-state index contributed by atoms with van der Waals surface area (Å²) in [4.78, 5) is 11.8. The molecule has 1 amide bonds. The van der Waals surface area contributed by atoms with Gasteiger partial charge in [0, 0.05) is 5.02 Å². The van der Waals surface area contributed by atoms with Gasteiger partial charge >= 0.3 is 0 Å². The summed E-state index contributed by atoms with van der Waals surface area (Å²) in [5.41, 5.74) is 2.26. The molecule has 1 aliphatic rings. The van der Waals surface area contributed by atoms with Gasteiger partial charge in [-0.15, -0.1) is 0 Å². The summed E-state index contributed by atoms with van der Waals surface area (Å²) in [6, 6.07) is 12.2. The topological polar surface area (TPSA) is 52.3 Å². The van der Waals surface area contributed by atoms with Crippen LogP contribution in [0.3, 0.4) is 0 Å². The smallest absolute Gasteiger partial charge is 0.294 e. The standard InChI is InChI=1S/C15H10Cl2N2O2/c16-9-5-6-13-11(7-9)15(19(21)8-14(20)18-13)10-3-1-2-4-12(10)17/h1-7,21H,8H2/p+1. The fraction of sp³-hybridized carbons (Fsp3) is 0.0667. The Morgan fingerprint density at radius 2 is 1.86 bits per heavy atom. The first-order chi connectivity index (χ1) is 10.1. The number of hydrogen-bond donors (Lipinski definition) is 2. The van der Waals surface area contributed by atoms with Gasteiger partial charge in [-0.05, 0) is 35.1 Å². The molecule has 0 atom stereocenters. The number of nitrogens with zero attached hydrogens (tertiary/aromatic N) is 1. The Morgan fingerprint density at radius 3 is 2.62 bits per heavy atom. The van der Waals surface area contributed by atoms with E-state index in [9.17, 15) is 10.0 Å². The summed E-state index contributed by atoms with van der Waals surface area (Å²) >= 11 is 12.3. The number of fused-ring (bicyclic) bond motifs is 1. The maximum Gasteiger partial charge on any atom is 0.294 e. The van der Waals surface area contributed by atoms with Gasteiger partial charge in [-0.25, -0.2) is 0 Å². The van der Waals surface area contributed by atoms with Crippen molar-refractivity contribution in [2.45, 2.75) is 0 Å². The molecule has 0 fully saturated rings. The Hall–Kier alpha value is -2.04. The van der Waals surface area contributed by atoms with Gasteiger partial charge < -0.3 is 5.32 Å². The molecule has 0 bridgehead atoms. The minimum absolute atomic E-state index is 0.188. The van der Waals surface area contributed by atoms with Gasteiger partial charge in [0.05, 0.1) is 21.8 Å². The largest absolute Gasteiger partial charge is 0.320 e. The minimum atomic E-state index is -0.317. The Morgan fingerprint density at radius 1 is 1.10 bits per heavy atom. The maximum atomic E-state index is 11.8. The minimum Gasteiger partial charge on any atom is -0.320 e. The molecule has 1 heterocycles. The van der Waals surface area contributed by atoms with Crippen LogP contribution < -0.4 is 5.32 Å². The normalized spacial score (nSPS) is 14.5. The van der Waals surface area contributed by atoms with Crippen molar-refractivity contribution >= 4 is 40.5 Å². The number of halogens is 2. The van der Waals surface area contributed by atoms with E-state index in [0.717, 1.165) is 4.74 Å². The van der Waals surface area contributed by atoms with Gasteiger partial charge in [0.2, 0.25) is 0 Å². The molecule has 6 heteroatoms. The SMILES string of the molecule is O=C1C[N+](O)=C(c2ccccc2Cl)c2cc(Cl)ccc2N1. The third kappa shape index (κ3) is 2.60. The van der Waals surface area contributed by atoms with E-state index in [0.29, 0.717) is 32.6 Å². The van der Waals surface area contributed by atoms with Crippen LogP contribution in [0, 0.1) is 0 Å². The van der Waals surface area contributed by atoms with Crippen molar-refractivity contribution < 1.29 is 14.7 Å². The second-order valence-corrected chi connectivity index (χ2v) is 5.47. The third-order valence-corrected chi connectivity index (χ3v) is 3.76. The van der Waals surface area contributed by atoms with Crippen LogP contribution in [0.25, 0.3) is 0 Å². The first-order valence-electron chi connectivity index (χ1n) is 6.24. The van der Waals surface area contributed by atoms with E-state index >= 15 is 0 Å². The highest BCUT2D eigenvalue weighted by Gasteiger charge is 2.31. The number of amides is 1. The molecular formula is C15H11Cl2N2O2+. The summed E-state index contributed by atoms with van der Waals surface area (Å²) < 4.78 is 0.888. The van der Waals surface area contributed by atoms with Gasteiger partial charge in [-0.1, -0.05) is 35.3 Å². The van der Waals surface area contributed by atoms with Crippen molar-refractivity contribution in [1.29, 1.82) is 0 Å². The highest BCUT2D eigenvalue weighted by molar-refractivity contribution is 6.36. The number of carbonyl (C=O) groups is 1. The molecule has 0 aromatic heterocycles. The number of anilines is 1. The summed E-state index contributed by atoms with van der Waals surface area (Å²) in [6.07, 6.45) is 0. The highest BCUT2D eigenvalue weighted by atomic mass is 35.5. The molecule has 0 aliphatic carbocycles. The number of nitrogens with one attached hydrogen (secondary N) is 1.